The summed E-state index contributed by atoms with van der Waals surface area (Å²) >= 11 is 0. The lowest BCUT2D eigenvalue weighted by Crippen LogP contribution is -1.70. The monoisotopic (exact) mass is 152 g/mol. The Kier molecular flexibility index (Phi) is 14.0. The summed E-state index contributed by atoms with van der Waals surface area (Å²) in [5.41, 5.74) is 1.33. The Balaban J connectivity index is 0. The van der Waals surface area contributed by atoms with Gasteiger partial charge >= 0.3 is 0 Å². The number of rotatable bonds is 3. The van der Waals surface area contributed by atoms with Crippen LogP contribution in [0, 0.1) is 0 Å². The van der Waals surface area contributed by atoms with Crippen molar-refractivity contribution in [3.05, 3.63) is 36.5 Å². The molecule has 0 aliphatic rings. The number of hydrogen-bond donors (Lipinski definition) is 0. The molecule has 0 heteroatoms. The van der Waals surface area contributed by atoms with Gasteiger partial charge in [0.2, 0.25) is 0 Å². The molecule has 0 aromatic rings. The Labute approximate surface area is 71.3 Å². The van der Waals surface area contributed by atoms with E-state index in [0.717, 1.165) is 6.42 Å². The molecule has 0 fully saturated rings. The second-order valence-electron chi connectivity index (χ2n) is 1.83. The molecule has 0 N–H and O–H groups in total. The lowest BCUT2D eigenvalue weighted by atomic mass is 10.2. The third-order valence-electron chi connectivity index (χ3n) is 1.12. The van der Waals surface area contributed by atoms with Gasteiger partial charge in [0.15, 0.2) is 0 Å². The predicted octanol–water partition coefficient (Wildman–Crippen LogP) is 4.11. The highest BCUT2D eigenvalue weighted by Crippen LogP contribution is 2.01. The maximum atomic E-state index is 3.62. The van der Waals surface area contributed by atoms with Crippen LogP contribution >= 0.6 is 0 Å². The Morgan fingerprint density at radius 2 is 1.91 bits per heavy atom. The van der Waals surface area contributed by atoms with Gasteiger partial charge in [-0.2, -0.15) is 0 Å². The predicted molar refractivity (Wildman–Crippen MR) is 54.7 cm³/mol. The van der Waals surface area contributed by atoms with Crippen LogP contribution in [-0.2, 0) is 0 Å². The van der Waals surface area contributed by atoms with Gasteiger partial charge in [0, 0.05) is 0 Å². The fourth-order valence-corrected chi connectivity index (χ4v) is 0.657. The van der Waals surface area contributed by atoms with E-state index in [4.69, 9.17) is 0 Å². The third-order valence-corrected chi connectivity index (χ3v) is 1.12. The minimum atomic E-state index is 1.08. The van der Waals surface area contributed by atoms with E-state index in [1.807, 2.05) is 39.0 Å². The van der Waals surface area contributed by atoms with Crippen molar-refractivity contribution in [1.82, 2.24) is 0 Å². The van der Waals surface area contributed by atoms with Gasteiger partial charge in [-0.15, -0.1) is 0 Å². The number of allylic oxidation sites excluding steroid dienone is 5. The summed E-state index contributed by atoms with van der Waals surface area (Å²) in [4.78, 5) is 0. The third kappa shape index (κ3) is 9.22. The molecule has 0 amide bonds. The van der Waals surface area contributed by atoms with Crippen molar-refractivity contribution in [2.75, 3.05) is 0 Å². The lowest BCUT2D eigenvalue weighted by Gasteiger charge is -1.90. The van der Waals surface area contributed by atoms with Gasteiger partial charge in [0.1, 0.15) is 0 Å². The van der Waals surface area contributed by atoms with Crippen molar-refractivity contribution in [1.29, 1.82) is 0 Å². The summed E-state index contributed by atoms with van der Waals surface area (Å²) in [6.07, 6.45) is 9.07. The fraction of sp³-hybridized carbons (Fsp3) is 0.455. The van der Waals surface area contributed by atoms with Gasteiger partial charge in [-0.1, -0.05) is 51.7 Å². The highest BCUT2D eigenvalue weighted by molar-refractivity contribution is 5.21. The van der Waals surface area contributed by atoms with Gasteiger partial charge in [-0.25, -0.2) is 0 Å². The van der Waals surface area contributed by atoms with Crippen molar-refractivity contribution in [2.45, 2.75) is 34.1 Å². The van der Waals surface area contributed by atoms with Crippen LogP contribution in [0.3, 0.4) is 0 Å². The number of hydrogen-bond acceptors (Lipinski definition) is 0. The smallest absolute Gasteiger partial charge is 0.0308 e. The molecule has 0 bridgehead atoms. The van der Waals surface area contributed by atoms with Crippen molar-refractivity contribution in [3.63, 3.8) is 0 Å². The van der Waals surface area contributed by atoms with Crippen LogP contribution in [0.15, 0.2) is 36.5 Å². The molecule has 0 spiro atoms. The molecule has 0 nitrogen and oxygen atoms in total. The van der Waals surface area contributed by atoms with Crippen LogP contribution in [0.5, 0.6) is 0 Å². The summed E-state index contributed by atoms with van der Waals surface area (Å²) in [5.74, 6) is 0. The normalized spacial score (nSPS) is 10.7. The minimum Gasteiger partial charge on any atom is -0.0991 e. The van der Waals surface area contributed by atoms with Crippen LogP contribution in [-0.4, -0.2) is 0 Å². The second-order valence-corrected chi connectivity index (χ2v) is 1.83. The molecule has 0 aliphatic carbocycles. The van der Waals surface area contributed by atoms with Gasteiger partial charge < -0.3 is 0 Å². The zero-order chi connectivity index (χ0) is 9.11. The van der Waals surface area contributed by atoms with E-state index < -0.39 is 0 Å². The average Bonchev–Trinajstić information content (AvgIpc) is 2.08. The molecule has 0 aliphatic heterocycles. The first-order valence-electron chi connectivity index (χ1n) is 4.29. The summed E-state index contributed by atoms with van der Waals surface area (Å²) in [7, 11) is 0. The summed E-state index contributed by atoms with van der Waals surface area (Å²) in [5, 5.41) is 0. The van der Waals surface area contributed by atoms with E-state index in [0.29, 0.717) is 0 Å². The van der Waals surface area contributed by atoms with Crippen LogP contribution < -0.4 is 0 Å². The summed E-state index contributed by atoms with van der Waals surface area (Å²) in [6.45, 7) is 11.8. The fourth-order valence-electron chi connectivity index (χ4n) is 0.657. The lowest BCUT2D eigenvalue weighted by molar-refractivity contribution is 1.15. The van der Waals surface area contributed by atoms with Crippen LogP contribution in [0.25, 0.3) is 0 Å². The first kappa shape index (κ1) is 12.9. The topological polar surface area (TPSA) is 0 Å². The molecule has 0 aromatic heterocycles. The molecule has 64 valence electrons. The zero-order valence-electron chi connectivity index (χ0n) is 8.22. The molecule has 0 atom stereocenters. The summed E-state index contributed by atoms with van der Waals surface area (Å²) in [6, 6.07) is 0. The van der Waals surface area contributed by atoms with E-state index >= 15 is 0 Å². The minimum absolute atomic E-state index is 1.08. The van der Waals surface area contributed by atoms with Gasteiger partial charge in [0.25, 0.3) is 0 Å². The molecule has 0 saturated heterocycles. The summed E-state index contributed by atoms with van der Waals surface area (Å²) < 4.78 is 0. The molecular weight excluding hydrogens is 132 g/mol. The Hall–Kier alpha value is -0.780. The van der Waals surface area contributed by atoms with E-state index in [9.17, 15) is 0 Å². The molecule has 0 unspecified atom stereocenters. The van der Waals surface area contributed by atoms with Crippen molar-refractivity contribution < 1.29 is 0 Å². The standard InChI is InChI=1S/C9H14.C2H6/c1-4-7-9(6-3)8-5-2;1-2/h4-5,7-8H,1,6H2,2-3H3;1-2H3/b8-5-,9-7-;. The second kappa shape index (κ2) is 12.0. The Morgan fingerprint density at radius 3 is 2.18 bits per heavy atom. The SMILES string of the molecule is C=C/C=C(\C=C/C)CC.CC. The van der Waals surface area contributed by atoms with E-state index in [2.05, 4.69) is 19.6 Å². The highest BCUT2D eigenvalue weighted by atomic mass is 13.9. The average molecular weight is 152 g/mol. The van der Waals surface area contributed by atoms with Gasteiger partial charge in [-0.05, 0) is 18.9 Å². The van der Waals surface area contributed by atoms with Crippen LogP contribution in [0.2, 0.25) is 0 Å². The highest BCUT2D eigenvalue weighted by Gasteiger charge is 1.80. The maximum Gasteiger partial charge on any atom is -0.0308 e. The van der Waals surface area contributed by atoms with Gasteiger partial charge in [-0.3, -0.25) is 0 Å². The van der Waals surface area contributed by atoms with Crippen molar-refractivity contribution in [2.24, 2.45) is 0 Å². The Morgan fingerprint density at radius 1 is 1.36 bits per heavy atom. The van der Waals surface area contributed by atoms with Crippen molar-refractivity contribution in [3.8, 4) is 0 Å². The van der Waals surface area contributed by atoms with Gasteiger partial charge in [0.05, 0.1) is 0 Å². The Bertz CT molecular complexity index is 127. The van der Waals surface area contributed by atoms with Crippen LogP contribution in [0.1, 0.15) is 34.1 Å². The molecule has 0 heterocycles. The quantitative estimate of drug-likeness (QED) is 0.534. The first-order valence-corrected chi connectivity index (χ1v) is 4.29. The van der Waals surface area contributed by atoms with E-state index in [1.54, 1.807) is 0 Å². The van der Waals surface area contributed by atoms with E-state index in [-0.39, 0.29) is 0 Å². The van der Waals surface area contributed by atoms with E-state index in [1.165, 1.54) is 5.57 Å². The molecule has 0 radical (unpaired) electrons. The maximum absolute atomic E-state index is 3.62. The molecule has 0 saturated carbocycles. The first-order chi connectivity index (χ1) is 5.35. The largest absolute Gasteiger partial charge is 0.0991 e. The molecular formula is C11H20. The molecule has 11 heavy (non-hydrogen) atoms. The zero-order valence-corrected chi connectivity index (χ0v) is 8.22. The van der Waals surface area contributed by atoms with Crippen LogP contribution in [0.4, 0.5) is 0 Å². The molecule has 0 aromatic carbocycles. The molecule has 0 rings (SSSR count). The van der Waals surface area contributed by atoms with Crippen molar-refractivity contribution >= 4 is 0 Å².